The summed E-state index contributed by atoms with van der Waals surface area (Å²) in [5, 5.41) is -0.0510. The first-order chi connectivity index (χ1) is 11.3. The van der Waals surface area contributed by atoms with E-state index in [-0.39, 0.29) is 10.8 Å². The van der Waals surface area contributed by atoms with Crippen molar-refractivity contribution < 1.29 is 22.6 Å². The molecule has 3 rings (SSSR count). The molecule has 8 heteroatoms. The molecule has 1 aliphatic rings. The molecular weight excluding hydrogens is 345 g/mol. The Hall–Kier alpha value is -2.15. The predicted octanol–water partition coefficient (Wildman–Crippen LogP) is 4.16. The molecule has 0 fully saturated rings. The number of hydrogen-bond donors (Lipinski definition) is 0. The largest absolute Gasteiger partial charge is 0.486 e. The van der Waals surface area contributed by atoms with E-state index in [1.165, 1.54) is 0 Å². The van der Waals surface area contributed by atoms with Crippen LogP contribution in [0.25, 0.3) is 0 Å². The fourth-order valence-electron chi connectivity index (χ4n) is 2.40. The van der Waals surface area contributed by atoms with E-state index >= 15 is 0 Å². The first-order valence-electron chi connectivity index (χ1n) is 7.17. The number of halogens is 4. The summed E-state index contributed by atoms with van der Waals surface area (Å²) in [5.41, 5.74) is 0.0310. The van der Waals surface area contributed by atoms with Gasteiger partial charge in [-0.3, -0.25) is 0 Å². The number of rotatable bonds is 3. The number of anilines is 1. The molecule has 0 saturated heterocycles. The summed E-state index contributed by atoms with van der Waals surface area (Å²) in [5.74, 6) is 1.61. The zero-order valence-corrected chi connectivity index (χ0v) is 13.5. The van der Waals surface area contributed by atoms with Crippen LogP contribution in [-0.2, 0) is 12.7 Å². The van der Waals surface area contributed by atoms with Gasteiger partial charge < -0.3 is 14.4 Å². The number of nitrogens with zero attached hydrogens (tertiary/aromatic N) is 2. The Labute approximate surface area is 141 Å². The number of fused-ring (bicyclic) bond motifs is 1. The van der Waals surface area contributed by atoms with E-state index in [0.29, 0.717) is 31.3 Å². The third-order valence-corrected chi connectivity index (χ3v) is 3.82. The SMILES string of the molecule is CN(Cc1ccc2c(c1)OCCO2)c1ncc(C(F)(F)F)cc1Cl. The van der Waals surface area contributed by atoms with Gasteiger partial charge >= 0.3 is 6.18 Å². The third-order valence-electron chi connectivity index (χ3n) is 3.54. The van der Waals surface area contributed by atoms with Gasteiger partial charge in [-0.1, -0.05) is 17.7 Å². The maximum Gasteiger partial charge on any atom is 0.417 e. The highest BCUT2D eigenvalue weighted by Gasteiger charge is 2.31. The van der Waals surface area contributed by atoms with Gasteiger partial charge in [0.25, 0.3) is 0 Å². The monoisotopic (exact) mass is 358 g/mol. The maximum atomic E-state index is 12.7. The molecule has 2 heterocycles. The first kappa shape index (κ1) is 16.7. The molecule has 0 amide bonds. The Balaban J connectivity index is 1.79. The van der Waals surface area contributed by atoms with Crippen molar-refractivity contribution in [2.45, 2.75) is 12.7 Å². The molecule has 1 aromatic carbocycles. The normalized spacial score (nSPS) is 13.7. The van der Waals surface area contributed by atoms with Crippen LogP contribution in [0.1, 0.15) is 11.1 Å². The smallest absolute Gasteiger partial charge is 0.417 e. The molecule has 2 aromatic rings. The lowest BCUT2D eigenvalue weighted by Crippen LogP contribution is -2.20. The van der Waals surface area contributed by atoms with Gasteiger partial charge in [-0.2, -0.15) is 13.2 Å². The number of benzene rings is 1. The van der Waals surface area contributed by atoms with Crippen molar-refractivity contribution in [1.82, 2.24) is 4.98 Å². The zero-order chi connectivity index (χ0) is 17.3. The van der Waals surface area contributed by atoms with Gasteiger partial charge in [0, 0.05) is 19.8 Å². The molecule has 1 aliphatic heterocycles. The van der Waals surface area contributed by atoms with E-state index < -0.39 is 11.7 Å². The standard InChI is InChI=1S/C16H14ClF3N2O2/c1-22(15-12(17)7-11(8-21-15)16(18,19)20)9-10-2-3-13-14(6-10)24-5-4-23-13/h2-3,6-8H,4-5,9H2,1H3. The van der Waals surface area contributed by atoms with E-state index in [9.17, 15) is 13.2 Å². The van der Waals surface area contributed by atoms with E-state index in [1.54, 1.807) is 18.0 Å². The number of aromatic nitrogens is 1. The number of alkyl halides is 3. The quantitative estimate of drug-likeness (QED) is 0.825. The maximum absolute atomic E-state index is 12.7. The second-order valence-corrected chi connectivity index (χ2v) is 5.77. The molecule has 0 atom stereocenters. The van der Waals surface area contributed by atoms with Crippen molar-refractivity contribution in [3.8, 4) is 11.5 Å². The van der Waals surface area contributed by atoms with Crippen LogP contribution >= 0.6 is 11.6 Å². The van der Waals surface area contributed by atoms with Crippen LogP contribution in [0.4, 0.5) is 19.0 Å². The summed E-state index contributed by atoms with van der Waals surface area (Å²) in [6.07, 6.45) is -3.69. The molecule has 0 N–H and O–H groups in total. The van der Waals surface area contributed by atoms with Crippen LogP contribution in [0.3, 0.4) is 0 Å². The Kier molecular flexibility index (Phi) is 4.45. The van der Waals surface area contributed by atoms with Crippen molar-refractivity contribution in [2.24, 2.45) is 0 Å². The average Bonchev–Trinajstić information content (AvgIpc) is 2.53. The lowest BCUT2D eigenvalue weighted by atomic mass is 10.2. The summed E-state index contributed by atoms with van der Waals surface area (Å²) in [4.78, 5) is 5.52. The molecule has 0 saturated carbocycles. The minimum Gasteiger partial charge on any atom is -0.486 e. The van der Waals surface area contributed by atoms with Crippen LogP contribution in [0.15, 0.2) is 30.5 Å². The molecule has 0 unspecified atom stereocenters. The first-order valence-corrected chi connectivity index (χ1v) is 7.55. The predicted molar refractivity (Wildman–Crippen MR) is 83.8 cm³/mol. The zero-order valence-electron chi connectivity index (χ0n) is 12.7. The van der Waals surface area contributed by atoms with E-state index in [0.717, 1.165) is 17.8 Å². The number of hydrogen-bond acceptors (Lipinski definition) is 4. The second kappa shape index (κ2) is 6.39. The Bertz CT molecular complexity index is 753. The fourth-order valence-corrected chi connectivity index (χ4v) is 2.71. The van der Waals surface area contributed by atoms with Crippen LogP contribution in [-0.4, -0.2) is 25.2 Å². The van der Waals surface area contributed by atoms with Gasteiger partial charge in [0.15, 0.2) is 11.5 Å². The highest BCUT2D eigenvalue weighted by Crippen LogP contribution is 2.34. The van der Waals surface area contributed by atoms with Crippen molar-refractivity contribution in [2.75, 3.05) is 25.2 Å². The van der Waals surface area contributed by atoms with Crippen molar-refractivity contribution in [3.05, 3.63) is 46.6 Å². The van der Waals surface area contributed by atoms with Crippen molar-refractivity contribution in [3.63, 3.8) is 0 Å². The molecular formula is C16H14ClF3N2O2. The fraction of sp³-hybridized carbons (Fsp3) is 0.312. The molecule has 0 radical (unpaired) electrons. The number of pyridine rings is 1. The summed E-state index contributed by atoms with van der Waals surface area (Å²) < 4.78 is 49.0. The van der Waals surface area contributed by atoms with Crippen LogP contribution < -0.4 is 14.4 Å². The minimum atomic E-state index is -4.47. The van der Waals surface area contributed by atoms with Crippen molar-refractivity contribution in [1.29, 1.82) is 0 Å². The van der Waals surface area contributed by atoms with Crippen LogP contribution in [0, 0.1) is 0 Å². The van der Waals surface area contributed by atoms with Crippen LogP contribution in [0.5, 0.6) is 11.5 Å². The van der Waals surface area contributed by atoms with Gasteiger partial charge in [0.2, 0.25) is 0 Å². The molecule has 128 valence electrons. The Morgan fingerprint density at radius 3 is 2.54 bits per heavy atom. The summed E-state index contributed by atoms with van der Waals surface area (Å²) in [7, 11) is 1.71. The lowest BCUT2D eigenvalue weighted by molar-refractivity contribution is -0.137. The topological polar surface area (TPSA) is 34.6 Å². The van der Waals surface area contributed by atoms with Gasteiger partial charge in [0.05, 0.1) is 10.6 Å². The number of ether oxygens (including phenoxy) is 2. The molecule has 24 heavy (non-hydrogen) atoms. The summed E-state index contributed by atoms with van der Waals surface area (Å²) in [6.45, 7) is 1.41. The summed E-state index contributed by atoms with van der Waals surface area (Å²) in [6, 6.07) is 6.38. The van der Waals surface area contributed by atoms with Gasteiger partial charge in [-0.05, 0) is 23.8 Å². The van der Waals surface area contributed by atoms with E-state index in [1.807, 2.05) is 12.1 Å². The molecule has 0 spiro atoms. The van der Waals surface area contributed by atoms with Gasteiger partial charge in [-0.15, -0.1) is 0 Å². The molecule has 0 aliphatic carbocycles. The van der Waals surface area contributed by atoms with Gasteiger partial charge in [-0.25, -0.2) is 4.98 Å². The molecule has 0 bridgehead atoms. The molecule has 4 nitrogen and oxygen atoms in total. The van der Waals surface area contributed by atoms with E-state index in [2.05, 4.69) is 4.98 Å². The Morgan fingerprint density at radius 1 is 1.17 bits per heavy atom. The minimum absolute atomic E-state index is 0.0510. The van der Waals surface area contributed by atoms with Gasteiger partial charge in [0.1, 0.15) is 19.0 Å². The highest BCUT2D eigenvalue weighted by molar-refractivity contribution is 6.33. The highest BCUT2D eigenvalue weighted by atomic mass is 35.5. The second-order valence-electron chi connectivity index (χ2n) is 5.36. The third kappa shape index (κ3) is 3.51. The lowest BCUT2D eigenvalue weighted by Gasteiger charge is -2.22. The average molecular weight is 359 g/mol. The van der Waals surface area contributed by atoms with Crippen LogP contribution in [0.2, 0.25) is 5.02 Å². The molecule has 1 aromatic heterocycles. The Morgan fingerprint density at radius 2 is 1.88 bits per heavy atom. The van der Waals surface area contributed by atoms with Crippen molar-refractivity contribution >= 4 is 17.4 Å². The summed E-state index contributed by atoms with van der Waals surface area (Å²) >= 11 is 5.96. The van der Waals surface area contributed by atoms with E-state index in [4.69, 9.17) is 21.1 Å².